The van der Waals surface area contributed by atoms with Crippen LogP contribution in [0.5, 0.6) is 11.5 Å². The highest BCUT2D eigenvalue weighted by Crippen LogP contribution is 2.33. The largest absolute Gasteiger partial charge is 0.454 e. The number of aromatic nitrogens is 2. The quantitative estimate of drug-likeness (QED) is 0.547. The summed E-state index contributed by atoms with van der Waals surface area (Å²) in [6.45, 7) is 2.56. The van der Waals surface area contributed by atoms with Crippen LogP contribution in [0.4, 0.5) is 0 Å². The van der Waals surface area contributed by atoms with E-state index in [1.165, 1.54) is 18.1 Å². The summed E-state index contributed by atoms with van der Waals surface area (Å²) in [5.41, 5.74) is 1.88. The van der Waals surface area contributed by atoms with Gasteiger partial charge in [-0.1, -0.05) is 17.8 Å². The van der Waals surface area contributed by atoms with Crippen molar-refractivity contribution in [3.05, 3.63) is 41.5 Å². The Balaban J connectivity index is 1.38. The number of hydrogen-bond acceptors (Lipinski definition) is 7. The summed E-state index contributed by atoms with van der Waals surface area (Å²) in [5.74, 6) is 1.42. The Hall–Kier alpha value is -2.32. The van der Waals surface area contributed by atoms with Gasteiger partial charge in [-0.15, -0.1) is 11.3 Å². The zero-order valence-electron chi connectivity index (χ0n) is 13.4. The summed E-state index contributed by atoms with van der Waals surface area (Å²) < 4.78 is 11.7. The Morgan fingerprint density at radius 2 is 2.20 bits per heavy atom. The standard InChI is InChI=1S/C17H15N3O3S2/c1-10(25-17-15-12(4-5-24-15)19-8-20-17)16(21)18-7-11-2-3-13-14(6-11)23-9-22-13/h2-6,8,10H,7,9H2,1H3,(H,18,21). The number of benzene rings is 1. The lowest BCUT2D eigenvalue weighted by molar-refractivity contribution is -0.120. The Bertz CT molecular complexity index is 928. The number of thioether (sulfide) groups is 1. The first-order valence-electron chi connectivity index (χ1n) is 7.72. The molecule has 0 spiro atoms. The van der Waals surface area contributed by atoms with Crippen molar-refractivity contribution in [1.29, 1.82) is 0 Å². The molecule has 0 fully saturated rings. The summed E-state index contributed by atoms with van der Waals surface area (Å²) in [6.07, 6.45) is 1.54. The zero-order chi connectivity index (χ0) is 17.2. The summed E-state index contributed by atoms with van der Waals surface area (Å²) >= 11 is 3.03. The number of ether oxygens (including phenoxy) is 2. The second-order valence-electron chi connectivity index (χ2n) is 5.48. The number of nitrogens with one attached hydrogen (secondary N) is 1. The number of fused-ring (bicyclic) bond motifs is 2. The highest BCUT2D eigenvalue weighted by molar-refractivity contribution is 8.00. The maximum atomic E-state index is 12.4. The molecular weight excluding hydrogens is 358 g/mol. The molecule has 6 nitrogen and oxygen atoms in total. The molecule has 1 amide bonds. The molecule has 4 rings (SSSR count). The minimum atomic E-state index is -0.255. The Labute approximate surface area is 152 Å². The van der Waals surface area contributed by atoms with Gasteiger partial charge < -0.3 is 14.8 Å². The Morgan fingerprint density at radius 1 is 1.32 bits per heavy atom. The van der Waals surface area contributed by atoms with Crippen LogP contribution in [0.25, 0.3) is 10.2 Å². The van der Waals surface area contributed by atoms with E-state index in [9.17, 15) is 4.79 Å². The van der Waals surface area contributed by atoms with E-state index in [1.54, 1.807) is 11.3 Å². The Kier molecular flexibility index (Phi) is 4.46. The molecule has 0 radical (unpaired) electrons. The molecule has 3 aromatic rings. The number of thiophene rings is 1. The molecule has 2 aromatic heterocycles. The van der Waals surface area contributed by atoms with Gasteiger partial charge in [0, 0.05) is 6.54 Å². The first-order chi connectivity index (χ1) is 12.2. The number of carbonyl (C=O) groups excluding carboxylic acids is 1. The minimum Gasteiger partial charge on any atom is -0.454 e. The zero-order valence-corrected chi connectivity index (χ0v) is 15.0. The van der Waals surface area contributed by atoms with Crippen molar-refractivity contribution < 1.29 is 14.3 Å². The minimum absolute atomic E-state index is 0.0361. The molecular formula is C17H15N3O3S2. The third-order valence-electron chi connectivity index (χ3n) is 3.77. The number of rotatable bonds is 5. The van der Waals surface area contributed by atoms with Crippen molar-refractivity contribution in [2.45, 2.75) is 23.7 Å². The normalized spacial score (nSPS) is 13.8. The molecule has 0 saturated heterocycles. The van der Waals surface area contributed by atoms with Gasteiger partial charge in [-0.2, -0.15) is 0 Å². The van der Waals surface area contributed by atoms with E-state index in [2.05, 4.69) is 15.3 Å². The van der Waals surface area contributed by atoms with Crippen molar-refractivity contribution in [2.24, 2.45) is 0 Å². The van der Waals surface area contributed by atoms with Gasteiger partial charge in [-0.05, 0) is 36.1 Å². The summed E-state index contributed by atoms with van der Waals surface area (Å²) in [6, 6.07) is 7.62. The molecule has 0 aliphatic carbocycles. The molecule has 1 atom stereocenters. The number of amides is 1. The molecule has 25 heavy (non-hydrogen) atoms. The lowest BCUT2D eigenvalue weighted by atomic mass is 10.2. The molecule has 8 heteroatoms. The van der Waals surface area contributed by atoms with Crippen molar-refractivity contribution >= 4 is 39.2 Å². The average molecular weight is 373 g/mol. The highest BCUT2D eigenvalue weighted by atomic mass is 32.2. The van der Waals surface area contributed by atoms with Gasteiger partial charge in [0.25, 0.3) is 0 Å². The maximum Gasteiger partial charge on any atom is 0.233 e. The van der Waals surface area contributed by atoms with Crippen molar-refractivity contribution in [2.75, 3.05) is 6.79 Å². The number of hydrogen-bond donors (Lipinski definition) is 1. The van der Waals surface area contributed by atoms with Crippen molar-refractivity contribution in [3.63, 3.8) is 0 Å². The molecule has 1 aliphatic rings. The van der Waals surface area contributed by atoms with Gasteiger partial charge in [-0.25, -0.2) is 9.97 Å². The van der Waals surface area contributed by atoms with E-state index in [0.717, 1.165) is 32.3 Å². The molecule has 0 saturated carbocycles. The second-order valence-corrected chi connectivity index (χ2v) is 7.72. The fourth-order valence-corrected chi connectivity index (χ4v) is 4.32. The van der Waals surface area contributed by atoms with Gasteiger partial charge >= 0.3 is 0 Å². The summed E-state index contributed by atoms with van der Waals surface area (Å²) in [4.78, 5) is 20.9. The first-order valence-corrected chi connectivity index (χ1v) is 9.48. The van der Waals surface area contributed by atoms with Gasteiger partial charge in [-0.3, -0.25) is 4.79 Å². The molecule has 1 N–H and O–H groups in total. The number of carbonyl (C=O) groups is 1. The van der Waals surface area contributed by atoms with Crippen molar-refractivity contribution in [3.8, 4) is 11.5 Å². The van der Waals surface area contributed by atoms with Gasteiger partial charge in [0.05, 0.1) is 15.5 Å². The van der Waals surface area contributed by atoms with Crippen LogP contribution in [0, 0.1) is 0 Å². The predicted octanol–water partition coefficient (Wildman–Crippen LogP) is 3.22. The molecule has 128 valence electrons. The molecule has 1 aliphatic heterocycles. The summed E-state index contributed by atoms with van der Waals surface area (Å²) in [5, 5.41) is 5.52. The van der Waals surface area contributed by atoms with Crippen LogP contribution in [-0.4, -0.2) is 27.9 Å². The topological polar surface area (TPSA) is 73.3 Å². The maximum absolute atomic E-state index is 12.4. The van der Waals surface area contributed by atoms with E-state index >= 15 is 0 Å². The molecule has 1 aromatic carbocycles. The van der Waals surface area contributed by atoms with E-state index in [0.29, 0.717) is 6.54 Å². The number of nitrogens with zero attached hydrogens (tertiary/aromatic N) is 2. The second kappa shape index (κ2) is 6.89. The van der Waals surface area contributed by atoms with E-state index in [1.807, 2.05) is 36.6 Å². The monoisotopic (exact) mass is 373 g/mol. The van der Waals surface area contributed by atoms with Crippen LogP contribution in [0.3, 0.4) is 0 Å². The Morgan fingerprint density at radius 3 is 3.12 bits per heavy atom. The third-order valence-corrected chi connectivity index (χ3v) is 5.91. The van der Waals surface area contributed by atoms with Gasteiger partial charge in [0.1, 0.15) is 11.4 Å². The smallest absolute Gasteiger partial charge is 0.233 e. The lowest BCUT2D eigenvalue weighted by Crippen LogP contribution is -2.30. The fourth-order valence-electron chi connectivity index (χ4n) is 2.46. The van der Waals surface area contributed by atoms with E-state index in [-0.39, 0.29) is 18.0 Å². The van der Waals surface area contributed by atoms with Gasteiger partial charge in [0.2, 0.25) is 12.7 Å². The molecule has 3 heterocycles. The van der Waals surface area contributed by atoms with E-state index < -0.39 is 0 Å². The van der Waals surface area contributed by atoms with E-state index in [4.69, 9.17) is 9.47 Å². The van der Waals surface area contributed by atoms with Crippen molar-refractivity contribution in [1.82, 2.24) is 15.3 Å². The predicted molar refractivity (Wildman–Crippen MR) is 97.1 cm³/mol. The highest BCUT2D eigenvalue weighted by Gasteiger charge is 2.18. The van der Waals surface area contributed by atoms with Crippen LogP contribution in [0.2, 0.25) is 0 Å². The van der Waals surface area contributed by atoms with Gasteiger partial charge in [0.15, 0.2) is 11.5 Å². The molecule has 0 bridgehead atoms. The van der Waals surface area contributed by atoms with Crippen LogP contribution < -0.4 is 14.8 Å². The summed E-state index contributed by atoms with van der Waals surface area (Å²) in [7, 11) is 0. The van der Waals surface area contributed by atoms with Crippen LogP contribution in [0.15, 0.2) is 41.0 Å². The first kappa shape index (κ1) is 16.2. The average Bonchev–Trinajstić information content (AvgIpc) is 3.28. The molecule has 1 unspecified atom stereocenters. The van der Waals surface area contributed by atoms with Crippen LogP contribution >= 0.6 is 23.1 Å². The lowest BCUT2D eigenvalue weighted by Gasteiger charge is -2.12. The third kappa shape index (κ3) is 3.40. The van der Waals surface area contributed by atoms with Crippen LogP contribution in [-0.2, 0) is 11.3 Å². The SMILES string of the molecule is CC(Sc1ncnc2ccsc12)C(=O)NCc1ccc2c(c1)OCO2. The van der Waals surface area contributed by atoms with Crippen LogP contribution in [0.1, 0.15) is 12.5 Å². The fraction of sp³-hybridized carbons (Fsp3) is 0.235.